The molecule has 5 heteroatoms. The van der Waals surface area contributed by atoms with Crippen LogP contribution < -0.4 is 11.3 Å². The third kappa shape index (κ3) is 2.35. The first-order valence-corrected chi connectivity index (χ1v) is 5.62. The lowest BCUT2D eigenvalue weighted by molar-refractivity contribution is 0.646. The van der Waals surface area contributed by atoms with E-state index in [4.69, 9.17) is 17.4 Å². The molecule has 1 atom stereocenters. The van der Waals surface area contributed by atoms with Crippen LogP contribution >= 0.6 is 22.9 Å². The van der Waals surface area contributed by atoms with Crippen molar-refractivity contribution in [3.05, 3.63) is 51.4 Å². The highest BCUT2D eigenvalue weighted by Crippen LogP contribution is 2.30. The summed E-state index contributed by atoms with van der Waals surface area (Å²) in [6, 6.07) is 7.67. The molecule has 2 rings (SSSR count). The maximum atomic E-state index is 5.89. The summed E-state index contributed by atoms with van der Waals surface area (Å²) >= 11 is 7.40. The highest BCUT2D eigenvalue weighted by molar-refractivity contribution is 7.16. The molecule has 0 aliphatic heterocycles. The number of hydrogen-bond donors (Lipinski definition) is 2. The Bertz CT molecular complexity index is 429. The molecule has 0 aromatic carbocycles. The third-order valence-corrected chi connectivity index (χ3v) is 3.38. The van der Waals surface area contributed by atoms with Gasteiger partial charge in [-0.05, 0) is 29.8 Å². The molecule has 3 N–H and O–H groups in total. The second kappa shape index (κ2) is 4.72. The van der Waals surface area contributed by atoms with Gasteiger partial charge in [0.2, 0.25) is 0 Å². The fourth-order valence-corrected chi connectivity index (χ4v) is 2.53. The highest BCUT2D eigenvalue weighted by atomic mass is 35.5. The van der Waals surface area contributed by atoms with E-state index in [-0.39, 0.29) is 6.04 Å². The number of thiophene rings is 1. The summed E-state index contributed by atoms with van der Waals surface area (Å²) in [6.07, 6.45) is 3.49. The van der Waals surface area contributed by atoms with Gasteiger partial charge in [-0.2, -0.15) is 0 Å². The fourth-order valence-electron chi connectivity index (χ4n) is 1.38. The van der Waals surface area contributed by atoms with Gasteiger partial charge in [0.15, 0.2) is 0 Å². The van der Waals surface area contributed by atoms with Gasteiger partial charge in [-0.3, -0.25) is 10.8 Å². The van der Waals surface area contributed by atoms with Crippen molar-refractivity contribution < 1.29 is 0 Å². The second-order valence-electron chi connectivity index (χ2n) is 3.02. The summed E-state index contributed by atoms with van der Waals surface area (Å²) in [5.74, 6) is 5.54. The Balaban J connectivity index is 2.33. The van der Waals surface area contributed by atoms with Gasteiger partial charge in [0, 0.05) is 17.3 Å². The summed E-state index contributed by atoms with van der Waals surface area (Å²) in [5, 5.41) is 0. The number of nitrogens with one attached hydrogen (secondary N) is 1. The van der Waals surface area contributed by atoms with Crippen LogP contribution in [0.4, 0.5) is 0 Å². The van der Waals surface area contributed by atoms with Gasteiger partial charge in [-0.1, -0.05) is 11.6 Å². The molecule has 15 heavy (non-hydrogen) atoms. The number of aromatic nitrogens is 1. The van der Waals surface area contributed by atoms with Crippen molar-refractivity contribution in [1.82, 2.24) is 10.4 Å². The van der Waals surface area contributed by atoms with E-state index >= 15 is 0 Å². The number of rotatable bonds is 3. The zero-order valence-electron chi connectivity index (χ0n) is 7.85. The summed E-state index contributed by atoms with van der Waals surface area (Å²) in [4.78, 5) is 5.06. The topological polar surface area (TPSA) is 50.9 Å². The van der Waals surface area contributed by atoms with Crippen molar-refractivity contribution in [2.24, 2.45) is 5.84 Å². The van der Waals surface area contributed by atoms with E-state index in [0.29, 0.717) is 0 Å². The van der Waals surface area contributed by atoms with Gasteiger partial charge in [-0.15, -0.1) is 11.3 Å². The Labute approximate surface area is 96.9 Å². The van der Waals surface area contributed by atoms with Gasteiger partial charge in [0.05, 0.1) is 10.4 Å². The predicted molar refractivity (Wildman–Crippen MR) is 62.7 cm³/mol. The zero-order chi connectivity index (χ0) is 10.7. The minimum atomic E-state index is -0.0227. The molecule has 0 aliphatic carbocycles. The molecule has 0 fully saturated rings. The summed E-state index contributed by atoms with van der Waals surface area (Å²) < 4.78 is 0.763. The van der Waals surface area contributed by atoms with E-state index in [1.165, 1.54) is 11.3 Å². The highest BCUT2D eigenvalue weighted by Gasteiger charge is 2.13. The molecule has 0 aliphatic rings. The molecule has 0 saturated carbocycles. The number of halogens is 1. The van der Waals surface area contributed by atoms with Gasteiger partial charge < -0.3 is 0 Å². The lowest BCUT2D eigenvalue weighted by Gasteiger charge is -2.13. The first-order chi connectivity index (χ1) is 7.31. The van der Waals surface area contributed by atoms with Gasteiger partial charge in [-0.25, -0.2) is 5.43 Å². The Morgan fingerprint density at radius 3 is 2.53 bits per heavy atom. The van der Waals surface area contributed by atoms with Crippen LogP contribution in [0.2, 0.25) is 4.34 Å². The molecule has 78 valence electrons. The minimum Gasteiger partial charge on any atom is -0.271 e. The normalized spacial score (nSPS) is 12.7. The van der Waals surface area contributed by atoms with Crippen molar-refractivity contribution in [2.45, 2.75) is 6.04 Å². The number of hydrogen-bond acceptors (Lipinski definition) is 4. The van der Waals surface area contributed by atoms with E-state index in [1.807, 2.05) is 24.3 Å². The van der Waals surface area contributed by atoms with Crippen molar-refractivity contribution in [3.63, 3.8) is 0 Å². The Hall–Kier alpha value is -0.940. The number of nitrogens with zero attached hydrogens (tertiary/aromatic N) is 1. The fraction of sp³-hybridized carbons (Fsp3) is 0.100. The third-order valence-electron chi connectivity index (χ3n) is 2.08. The van der Waals surface area contributed by atoms with Crippen molar-refractivity contribution in [2.75, 3.05) is 0 Å². The first kappa shape index (κ1) is 10.6. The monoisotopic (exact) mass is 239 g/mol. The summed E-state index contributed by atoms with van der Waals surface area (Å²) in [7, 11) is 0. The van der Waals surface area contributed by atoms with Crippen LogP contribution in [0.1, 0.15) is 16.5 Å². The molecule has 2 heterocycles. The van der Waals surface area contributed by atoms with Crippen LogP contribution in [-0.2, 0) is 0 Å². The summed E-state index contributed by atoms with van der Waals surface area (Å²) in [5.41, 5.74) is 3.85. The quantitative estimate of drug-likeness (QED) is 0.639. The van der Waals surface area contributed by atoms with Crippen LogP contribution in [0, 0.1) is 0 Å². The average molecular weight is 240 g/mol. The van der Waals surface area contributed by atoms with E-state index in [0.717, 1.165) is 14.8 Å². The SMILES string of the molecule is NNC(c1ccncc1)c1ccc(Cl)s1. The van der Waals surface area contributed by atoms with Gasteiger partial charge in [0.25, 0.3) is 0 Å². The predicted octanol–water partition coefficient (Wildman–Crippen LogP) is 2.35. The van der Waals surface area contributed by atoms with E-state index < -0.39 is 0 Å². The van der Waals surface area contributed by atoms with Crippen LogP contribution in [0.15, 0.2) is 36.7 Å². The molecular weight excluding hydrogens is 230 g/mol. The molecule has 0 amide bonds. The van der Waals surface area contributed by atoms with E-state index in [1.54, 1.807) is 12.4 Å². The van der Waals surface area contributed by atoms with Crippen LogP contribution in [0.25, 0.3) is 0 Å². The maximum absolute atomic E-state index is 5.89. The molecule has 0 bridgehead atoms. The molecule has 1 unspecified atom stereocenters. The Morgan fingerprint density at radius 2 is 2.00 bits per heavy atom. The molecule has 3 nitrogen and oxygen atoms in total. The van der Waals surface area contributed by atoms with E-state index in [2.05, 4.69) is 10.4 Å². The average Bonchev–Trinajstić information content (AvgIpc) is 2.68. The summed E-state index contributed by atoms with van der Waals surface area (Å²) in [6.45, 7) is 0. The lowest BCUT2D eigenvalue weighted by atomic mass is 10.1. The van der Waals surface area contributed by atoms with Gasteiger partial charge >= 0.3 is 0 Å². The van der Waals surface area contributed by atoms with Gasteiger partial charge in [0.1, 0.15) is 0 Å². The van der Waals surface area contributed by atoms with Crippen LogP contribution in [0.3, 0.4) is 0 Å². The Morgan fingerprint density at radius 1 is 1.27 bits per heavy atom. The van der Waals surface area contributed by atoms with Crippen molar-refractivity contribution in [1.29, 1.82) is 0 Å². The zero-order valence-corrected chi connectivity index (χ0v) is 9.42. The Kier molecular flexibility index (Phi) is 3.33. The molecule has 2 aromatic rings. The number of pyridine rings is 1. The molecule has 2 aromatic heterocycles. The van der Waals surface area contributed by atoms with Crippen molar-refractivity contribution >= 4 is 22.9 Å². The molecular formula is C10H10ClN3S. The van der Waals surface area contributed by atoms with Crippen LogP contribution in [0.5, 0.6) is 0 Å². The van der Waals surface area contributed by atoms with E-state index in [9.17, 15) is 0 Å². The molecule has 0 radical (unpaired) electrons. The minimum absolute atomic E-state index is 0.0227. The molecule has 0 saturated heterocycles. The van der Waals surface area contributed by atoms with Crippen LogP contribution in [-0.4, -0.2) is 4.98 Å². The first-order valence-electron chi connectivity index (χ1n) is 4.42. The smallest absolute Gasteiger partial charge is 0.0931 e. The largest absolute Gasteiger partial charge is 0.271 e. The number of hydrazine groups is 1. The lowest BCUT2D eigenvalue weighted by Crippen LogP contribution is -2.28. The second-order valence-corrected chi connectivity index (χ2v) is 4.77. The maximum Gasteiger partial charge on any atom is 0.0931 e. The standard InChI is InChI=1S/C10H10ClN3S/c11-9-2-1-8(15-9)10(14-12)7-3-5-13-6-4-7/h1-6,10,14H,12H2. The van der Waals surface area contributed by atoms with Crippen molar-refractivity contribution in [3.8, 4) is 0 Å². The number of nitrogens with two attached hydrogens (primary N) is 1. The molecule has 0 spiro atoms.